The monoisotopic (exact) mass is 353 g/mol. The number of rotatable bonds is 4. The number of nitrogens with one attached hydrogen (secondary N) is 1. The van der Waals surface area contributed by atoms with Crippen molar-refractivity contribution in [3.63, 3.8) is 0 Å². The van der Waals surface area contributed by atoms with E-state index in [2.05, 4.69) is 33.9 Å². The number of benzene rings is 1. The van der Waals surface area contributed by atoms with Crippen molar-refractivity contribution in [1.29, 1.82) is 0 Å². The van der Waals surface area contributed by atoms with Crippen molar-refractivity contribution in [2.75, 3.05) is 13.2 Å². The molecule has 8 nitrogen and oxygen atoms in total. The van der Waals surface area contributed by atoms with Crippen LogP contribution in [0, 0.1) is 5.92 Å². The molecule has 2 aromatic heterocycles. The highest BCUT2D eigenvalue weighted by Gasteiger charge is 2.19. The quantitative estimate of drug-likeness (QED) is 0.771. The Kier molecular flexibility index (Phi) is 4.16. The first-order valence-electron chi connectivity index (χ1n) is 8.51. The molecule has 8 heteroatoms. The third kappa shape index (κ3) is 3.05. The standard InChI is InChI=1S/C18H19N5O3/c1-11(2)7-16-21-17(13-9-19-10-20-18(13)24)23(22-16)12-3-4-14-15(8-12)26-6-5-25-14/h3-4,8-11H,5-7H2,1-2H3,(H,19,20,24). The first-order valence-corrected chi connectivity index (χ1v) is 8.51. The number of aromatic amines is 1. The lowest BCUT2D eigenvalue weighted by atomic mass is 10.1. The maximum absolute atomic E-state index is 12.2. The van der Waals surface area contributed by atoms with Gasteiger partial charge in [-0.05, 0) is 18.1 Å². The second kappa shape index (κ2) is 6.62. The normalized spacial score (nSPS) is 13.2. The number of fused-ring (bicyclic) bond motifs is 1. The summed E-state index contributed by atoms with van der Waals surface area (Å²) in [6.07, 6.45) is 3.56. The molecule has 0 amide bonds. The van der Waals surface area contributed by atoms with Gasteiger partial charge in [-0.2, -0.15) is 5.10 Å². The van der Waals surface area contributed by atoms with E-state index in [9.17, 15) is 4.79 Å². The minimum absolute atomic E-state index is 0.262. The smallest absolute Gasteiger partial charge is 0.261 e. The lowest BCUT2D eigenvalue weighted by Gasteiger charge is -2.19. The second-order valence-corrected chi connectivity index (χ2v) is 6.48. The molecule has 1 aliphatic heterocycles. The number of hydrogen-bond acceptors (Lipinski definition) is 6. The molecule has 0 saturated carbocycles. The third-order valence-corrected chi connectivity index (χ3v) is 3.97. The topological polar surface area (TPSA) is 94.9 Å². The summed E-state index contributed by atoms with van der Waals surface area (Å²) in [5.74, 6) is 2.87. The van der Waals surface area contributed by atoms with Crippen LogP contribution >= 0.6 is 0 Å². The van der Waals surface area contributed by atoms with Crippen molar-refractivity contribution < 1.29 is 9.47 Å². The molecule has 3 aromatic rings. The van der Waals surface area contributed by atoms with E-state index in [4.69, 9.17) is 9.47 Å². The molecule has 0 atom stereocenters. The molecule has 1 aliphatic rings. The number of hydrogen-bond donors (Lipinski definition) is 1. The molecule has 4 rings (SSSR count). The van der Waals surface area contributed by atoms with Gasteiger partial charge in [0.15, 0.2) is 23.1 Å². The van der Waals surface area contributed by atoms with Crippen molar-refractivity contribution in [1.82, 2.24) is 24.7 Å². The highest BCUT2D eigenvalue weighted by molar-refractivity contribution is 5.58. The molecular formula is C18H19N5O3. The van der Waals surface area contributed by atoms with Crippen LogP contribution in [0.15, 0.2) is 35.5 Å². The van der Waals surface area contributed by atoms with Crippen molar-refractivity contribution in [3.8, 4) is 28.6 Å². The number of H-pyrrole nitrogens is 1. The fraction of sp³-hybridized carbons (Fsp3) is 0.333. The Morgan fingerprint density at radius 3 is 2.81 bits per heavy atom. The summed E-state index contributed by atoms with van der Waals surface area (Å²) in [6.45, 7) is 5.23. The van der Waals surface area contributed by atoms with Gasteiger partial charge in [0.2, 0.25) is 0 Å². The number of ether oxygens (including phenoxy) is 2. The predicted molar refractivity (Wildman–Crippen MR) is 94.7 cm³/mol. The Morgan fingerprint density at radius 2 is 2.04 bits per heavy atom. The summed E-state index contributed by atoms with van der Waals surface area (Å²) < 4.78 is 12.9. The lowest BCUT2D eigenvalue weighted by Crippen LogP contribution is -2.16. The fourth-order valence-electron chi connectivity index (χ4n) is 2.83. The van der Waals surface area contributed by atoms with Crippen LogP contribution in [0.3, 0.4) is 0 Å². The van der Waals surface area contributed by atoms with Crippen LogP contribution in [0.2, 0.25) is 0 Å². The van der Waals surface area contributed by atoms with Gasteiger partial charge < -0.3 is 14.5 Å². The molecule has 134 valence electrons. The molecule has 0 radical (unpaired) electrons. The van der Waals surface area contributed by atoms with Crippen molar-refractivity contribution >= 4 is 0 Å². The van der Waals surface area contributed by atoms with Crippen LogP contribution in [-0.2, 0) is 6.42 Å². The zero-order chi connectivity index (χ0) is 18.1. The van der Waals surface area contributed by atoms with Crippen molar-refractivity contribution in [2.24, 2.45) is 5.92 Å². The summed E-state index contributed by atoms with van der Waals surface area (Å²) >= 11 is 0. The van der Waals surface area contributed by atoms with Gasteiger partial charge in [0.1, 0.15) is 18.8 Å². The molecule has 0 unspecified atom stereocenters. The minimum atomic E-state index is -0.262. The Balaban J connectivity index is 1.85. The second-order valence-electron chi connectivity index (χ2n) is 6.48. The van der Waals surface area contributed by atoms with Gasteiger partial charge in [-0.3, -0.25) is 4.79 Å². The first kappa shape index (κ1) is 16.3. The average molecular weight is 353 g/mol. The molecule has 0 bridgehead atoms. The molecule has 0 aliphatic carbocycles. The number of nitrogens with zero attached hydrogens (tertiary/aromatic N) is 4. The van der Waals surface area contributed by atoms with Crippen LogP contribution in [0.25, 0.3) is 17.1 Å². The van der Waals surface area contributed by atoms with E-state index in [0.29, 0.717) is 54.3 Å². The summed E-state index contributed by atoms with van der Waals surface area (Å²) in [5.41, 5.74) is 0.849. The maximum atomic E-state index is 12.2. The van der Waals surface area contributed by atoms with Gasteiger partial charge in [0, 0.05) is 18.7 Å². The molecular weight excluding hydrogens is 334 g/mol. The summed E-state index contributed by atoms with van der Waals surface area (Å²) in [7, 11) is 0. The van der Waals surface area contributed by atoms with Crippen LogP contribution in [0.5, 0.6) is 11.5 Å². The molecule has 0 saturated heterocycles. The number of aromatic nitrogens is 5. The SMILES string of the molecule is CC(C)Cc1nc(-c2cnc[nH]c2=O)n(-c2ccc3c(c2)OCCO3)n1. The summed E-state index contributed by atoms with van der Waals surface area (Å²) in [4.78, 5) is 23.4. The summed E-state index contributed by atoms with van der Waals surface area (Å²) in [6, 6.07) is 5.55. The fourth-order valence-corrected chi connectivity index (χ4v) is 2.83. The van der Waals surface area contributed by atoms with Gasteiger partial charge in [-0.25, -0.2) is 14.6 Å². The Bertz CT molecular complexity index is 992. The van der Waals surface area contributed by atoms with Crippen LogP contribution in [0.4, 0.5) is 0 Å². The average Bonchev–Trinajstić information content (AvgIpc) is 3.04. The molecule has 26 heavy (non-hydrogen) atoms. The van der Waals surface area contributed by atoms with E-state index < -0.39 is 0 Å². The molecule has 0 fully saturated rings. The molecule has 3 heterocycles. The predicted octanol–water partition coefficient (Wildman–Crippen LogP) is 1.99. The van der Waals surface area contributed by atoms with Crippen molar-refractivity contribution in [2.45, 2.75) is 20.3 Å². The van der Waals surface area contributed by atoms with Gasteiger partial charge >= 0.3 is 0 Å². The first-order chi connectivity index (χ1) is 12.6. The van der Waals surface area contributed by atoms with E-state index in [0.717, 1.165) is 5.69 Å². The zero-order valence-electron chi connectivity index (χ0n) is 14.6. The van der Waals surface area contributed by atoms with Gasteiger partial charge in [-0.1, -0.05) is 13.8 Å². The minimum Gasteiger partial charge on any atom is -0.486 e. The maximum Gasteiger partial charge on any atom is 0.261 e. The lowest BCUT2D eigenvalue weighted by molar-refractivity contribution is 0.171. The van der Waals surface area contributed by atoms with Crippen LogP contribution in [-0.4, -0.2) is 37.9 Å². The van der Waals surface area contributed by atoms with Crippen LogP contribution < -0.4 is 15.0 Å². The van der Waals surface area contributed by atoms with Crippen LogP contribution in [0.1, 0.15) is 19.7 Å². The van der Waals surface area contributed by atoms with E-state index in [-0.39, 0.29) is 5.56 Å². The van der Waals surface area contributed by atoms with E-state index in [1.807, 2.05) is 18.2 Å². The molecule has 1 aromatic carbocycles. The Hall–Kier alpha value is -3.16. The Labute approximate surface area is 149 Å². The Morgan fingerprint density at radius 1 is 1.23 bits per heavy atom. The highest BCUT2D eigenvalue weighted by atomic mass is 16.6. The molecule has 1 N–H and O–H groups in total. The van der Waals surface area contributed by atoms with Gasteiger partial charge in [0.05, 0.1) is 12.0 Å². The summed E-state index contributed by atoms with van der Waals surface area (Å²) in [5, 5.41) is 4.62. The zero-order valence-corrected chi connectivity index (χ0v) is 14.6. The van der Waals surface area contributed by atoms with E-state index in [1.165, 1.54) is 12.5 Å². The van der Waals surface area contributed by atoms with Gasteiger partial charge in [-0.15, -0.1) is 0 Å². The largest absolute Gasteiger partial charge is 0.486 e. The van der Waals surface area contributed by atoms with Crippen molar-refractivity contribution in [3.05, 3.63) is 46.9 Å². The highest BCUT2D eigenvalue weighted by Crippen LogP contribution is 2.32. The van der Waals surface area contributed by atoms with Gasteiger partial charge in [0.25, 0.3) is 5.56 Å². The molecule has 0 spiro atoms. The third-order valence-electron chi connectivity index (χ3n) is 3.97. The van der Waals surface area contributed by atoms with E-state index in [1.54, 1.807) is 4.68 Å². The van der Waals surface area contributed by atoms with E-state index >= 15 is 0 Å².